The Kier molecular flexibility index (Phi) is 5.79. The van der Waals surface area contributed by atoms with E-state index < -0.39 is 5.92 Å². The van der Waals surface area contributed by atoms with Crippen LogP contribution in [0.15, 0.2) is 65.5 Å². The lowest BCUT2D eigenvalue weighted by molar-refractivity contribution is -0.136. The SMILES string of the molecule is CCN(Cc1nc2cc(Cl)ccc2c(=O)[nH]1)C(=O)[C@@H]1CC(=O)N(c2cccc3ccccc23)C1. The first-order chi connectivity index (χ1) is 16.4. The van der Waals surface area contributed by atoms with E-state index in [2.05, 4.69) is 9.97 Å². The molecule has 0 unspecified atom stereocenters. The molecule has 8 heteroatoms. The maximum absolute atomic E-state index is 13.4. The fraction of sp³-hybridized carbons (Fsp3) is 0.231. The highest BCUT2D eigenvalue weighted by atomic mass is 35.5. The molecular formula is C26H23ClN4O3. The van der Waals surface area contributed by atoms with E-state index in [1.165, 1.54) is 0 Å². The molecule has 0 aliphatic carbocycles. The lowest BCUT2D eigenvalue weighted by Crippen LogP contribution is -2.37. The van der Waals surface area contributed by atoms with E-state index in [4.69, 9.17) is 11.6 Å². The Labute approximate surface area is 201 Å². The molecule has 1 aliphatic rings. The summed E-state index contributed by atoms with van der Waals surface area (Å²) in [5.41, 5.74) is 1.02. The third-order valence-electron chi connectivity index (χ3n) is 6.28. The number of aromatic amines is 1. The number of hydrogen-bond acceptors (Lipinski definition) is 4. The normalized spacial score (nSPS) is 15.9. The van der Waals surface area contributed by atoms with Gasteiger partial charge in [0.2, 0.25) is 11.8 Å². The molecule has 172 valence electrons. The van der Waals surface area contributed by atoms with Crippen LogP contribution in [0.1, 0.15) is 19.2 Å². The van der Waals surface area contributed by atoms with Crippen LogP contribution < -0.4 is 10.5 Å². The summed E-state index contributed by atoms with van der Waals surface area (Å²) in [7, 11) is 0. The lowest BCUT2D eigenvalue weighted by atomic mass is 10.1. The van der Waals surface area contributed by atoms with Crippen LogP contribution in [0.2, 0.25) is 5.02 Å². The zero-order chi connectivity index (χ0) is 23.8. The molecule has 0 saturated carbocycles. The molecule has 3 aromatic carbocycles. The van der Waals surface area contributed by atoms with Gasteiger partial charge in [0.05, 0.1) is 29.1 Å². The predicted octanol–water partition coefficient (Wildman–Crippen LogP) is 4.13. The molecule has 5 rings (SSSR count). The van der Waals surface area contributed by atoms with E-state index in [-0.39, 0.29) is 30.3 Å². The monoisotopic (exact) mass is 474 g/mol. The molecule has 1 saturated heterocycles. The number of carbonyl (C=O) groups is 2. The van der Waals surface area contributed by atoms with Gasteiger partial charge in [0.15, 0.2) is 0 Å². The van der Waals surface area contributed by atoms with E-state index in [1.807, 2.05) is 49.4 Å². The van der Waals surface area contributed by atoms with Crippen molar-refractivity contribution in [2.45, 2.75) is 19.9 Å². The number of halogens is 1. The third kappa shape index (κ3) is 4.03. The summed E-state index contributed by atoms with van der Waals surface area (Å²) in [5.74, 6) is -0.289. The second-order valence-corrected chi connectivity index (χ2v) is 8.87. The van der Waals surface area contributed by atoms with Gasteiger partial charge in [-0.1, -0.05) is 48.0 Å². The van der Waals surface area contributed by atoms with E-state index in [1.54, 1.807) is 28.0 Å². The number of nitrogens with one attached hydrogen (secondary N) is 1. The first kappa shape index (κ1) is 22.1. The van der Waals surface area contributed by atoms with Crippen LogP contribution in [-0.2, 0) is 16.1 Å². The van der Waals surface area contributed by atoms with Gasteiger partial charge < -0.3 is 14.8 Å². The van der Waals surface area contributed by atoms with Gasteiger partial charge in [0.25, 0.3) is 5.56 Å². The number of hydrogen-bond donors (Lipinski definition) is 1. The first-order valence-corrected chi connectivity index (χ1v) is 11.6. The number of carbonyl (C=O) groups excluding carboxylic acids is 2. The molecule has 1 atom stereocenters. The summed E-state index contributed by atoms with van der Waals surface area (Å²) in [6, 6.07) is 18.6. The summed E-state index contributed by atoms with van der Waals surface area (Å²) in [6.45, 7) is 2.76. The van der Waals surface area contributed by atoms with Crippen LogP contribution >= 0.6 is 11.6 Å². The number of aromatic nitrogens is 2. The Morgan fingerprint density at radius 1 is 1.12 bits per heavy atom. The van der Waals surface area contributed by atoms with Crippen LogP contribution in [0.25, 0.3) is 21.7 Å². The van der Waals surface area contributed by atoms with Crippen molar-refractivity contribution in [3.05, 3.63) is 81.9 Å². The first-order valence-electron chi connectivity index (χ1n) is 11.2. The third-order valence-corrected chi connectivity index (χ3v) is 6.52. The van der Waals surface area contributed by atoms with E-state index in [9.17, 15) is 14.4 Å². The minimum absolute atomic E-state index is 0.0716. The van der Waals surface area contributed by atoms with Crippen LogP contribution in [0.4, 0.5) is 5.69 Å². The van der Waals surface area contributed by atoms with E-state index >= 15 is 0 Å². The van der Waals surface area contributed by atoms with Gasteiger partial charge in [0.1, 0.15) is 5.82 Å². The summed E-state index contributed by atoms with van der Waals surface area (Å²) in [4.78, 5) is 49.3. The Morgan fingerprint density at radius 2 is 1.91 bits per heavy atom. The summed E-state index contributed by atoms with van der Waals surface area (Å²) < 4.78 is 0. The molecule has 2 amide bonds. The van der Waals surface area contributed by atoms with Gasteiger partial charge in [-0.2, -0.15) is 0 Å². The highest BCUT2D eigenvalue weighted by Crippen LogP contribution is 2.32. The maximum atomic E-state index is 13.4. The number of fused-ring (bicyclic) bond motifs is 2. The molecule has 2 heterocycles. The van der Waals surface area contributed by atoms with Crippen molar-refractivity contribution in [3.8, 4) is 0 Å². The number of amides is 2. The summed E-state index contributed by atoms with van der Waals surface area (Å²) in [5, 5.41) is 2.95. The Balaban J connectivity index is 1.38. The smallest absolute Gasteiger partial charge is 0.258 e. The van der Waals surface area contributed by atoms with E-state index in [0.29, 0.717) is 34.8 Å². The fourth-order valence-electron chi connectivity index (χ4n) is 4.57. The van der Waals surface area contributed by atoms with Crippen LogP contribution in [0, 0.1) is 5.92 Å². The average Bonchev–Trinajstić information content (AvgIpc) is 3.22. The Morgan fingerprint density at radius 3 is 2.74 bits per heavy atom. The number of H-pyrrole nitrogens is 1. The maximum Gasteiger partial charge on any atom is 0.258 e. The average molecular weight is 475 g/mol. The lowest BCUT2D eigenvalue weighted by Gasteiger charge is -2.24. The zero-order valence-electron chi connectivity index (χ0n) is 18.6. The standard InChI is InChI=1S/C26H23ClN4O3/c1-2-30(15-23-28-21-13-18(27)10-11-20(21)25(33)29-23)26(34)17-12-24(32)31(14-17)22-9-5-7-16-6-3-4-8-19(16)22/h3-11,13,17H,2,12,14-15H2,1H3,(H,28,29,33)/t17-/m1/s1. The second-order valence-electron chi connectivity index (χ2n) is 8.43. The van der Waals surface area contributed by atoms with Crippen molar-refractivity contribution in [2.24, 2.45) is 5.92 Å². The molecule has 1 fully saturated rings. The molecule has 0 bridgehead atoms. The predicted molar refractivity (Wildman–Crippen MR) is 133 cm³/mol. The Hall–Kier alpha value is -3.71. The quantitative estimate of drug-likeness (QED) is 0.471. The number of benzene rings is 3. The molecule has 0 spiro atoms. The molecule has 4 aromatic rings. The Bertz CT molecular complexity index is 1480. The minimum atomic E-state index is -0.465. The molecule has 1 N–H and O–H groups in total. The van der Waals surface area contributed by atoms with Crippen molar-refractivity contribution >= 4 is 50.8 Å². The van der Waals surface area contributed by atoms with E-state index in [0.717, 1.165) is 16.5 Å². The highest BCUT2D eigenvalue weighted by molar-refractivity contribution is 6.31. The van der Waals surface area contributed by atoms with Gasteiger partial charge in [-0.3, -0.25) is 14.4 Å². The van der Waals surface area contributed by atoms with Gasteiger partial charge >= 0.3 is 0 Å². The molecule has 34 heavy (non-hydrogen) atoms. The van der Waals surface area contributed by atoms with Crippen LogP contribution in [-0.4, -0.2) is 39.8 Å². The van der Waals surface area contributed by atoms with Gasteiger partial charge in [0, 0.05) is 29.9 Å². The van der Waals surface area contributed by atoms with Crippen LogP contribution in [0.3, 0.4) is 0 Å². The number of anilines is 1. The van der Waals surface area contributed by atoms with Gasteiger partial charge in [-0.05, 0) is 36.6 Å². The second kappa shape index (κ2) is 8.91. The van der Waals surface area contributed by atoms with Gasteiger partial charge in [-0.15, -0.1) is 0 Å². The number of rotatable bonds is 5. The van der Waals surface area contributed by atoms with Crippen molar-refractivity contribution < 1.29 is 9.59 Å². The zero-order valence-corrected chi connectivity index (χ0v) is 19.4. The largest absolute Gasteiger partial charge is 0.335 e. The van der Waals surface area contributed by atoms with Crippen molar-refractivity contribution in [1.82, 2.24) is 14.9 Å². The van der Waals surface area contributed by atoms with Crippen molar-refractivity contribution in [1.29, 1.82) is 0 Å². The summed E-state index contributed by atoms with van der Waals surface area (Å²) in [6.07, 6.45) is 0.149. The molecular weight excluding hydrogens is 452 g/mol. The molecule has 1 aliphatic heterocycles. The fourth-order valence-corrected chi connectivity index (χ4v) is 4.74. The number of nitrogens with zero attached hydrogens (tertiary/aromatic N) is 3. The van der Waals surface area contributed by atoms with Gasteiger partial charge in [-0.25, -0.2) is 4.98 Å². The molecule has 1 aromatic heterocycles. The topological polar surface area (TPSA) is 86.4 Å². The minimum Gasteiger partial charge on any atom is -0.335 e. The van der Waals surface area contributed by atoms with Crippen molar-refractivity contribution in [2.75, 3.05) is 18.0 Å². The highest BCUT2D eigenvalue weighted by Gasteiger charge is 2.37. The van der Waals surface area contributed by atoms with Crippen LogP contribution in [0.5, 0.6) is 0 Å². The summed E-state index contributed by atoms with van der Waals surface area (Å²) >= 11 is 6.05. The molecule has 7 nitrogen and oxygen atoms in total. The van der Waals surface area contributed by atoms with Crippen molar-refractivity contribution in [3.63, 3.8) is 0 Å². The molecule has 0 radical (unpaired) electrons.